The van der Waals surface area contributed by atoms with Crippen molar-refractivity contribution >= 4 is 21.9 Å². The van der Waals surface area contributed by atoms with Crippen molar-refractivity contribution in [1.29, 1.82) is 0 Å². The average Bonchev–Trinajstić information content (AvgIpc) is 2.33. The van der Waals surface area contributed by atoms with Crippen LogP contribution in [-0.4, -0.2) is 50.7 Å². The van der Waals surface area contributed by atoms with E-state index in [9.17, 15) is 18.0 Å². The topological polar surface area (TPSA) is 98.8 Å². The first kappa shape index (κ1) is 17.5. The Hall–Kier alpha value is -1.57. The third kappa shape index (κ3) is 5.74. The second kappa shape index (κ2) is 6.46. The molecule has 0 saturated carbocycles. The Morgan fingerprint density at radius 3 is 2.38 bits per heavy atom. The molecule has 1 N–H and O–H groups in total. The number of amides is 1. The molecule has 1 amide bonds. The van der Waals surface area contributed by atoms with Gasteiger partial charge in [-0.25, -0.2) is 18.0 Å². The van der Waals surface area contributed by atoms with Crippen LogP contribution >= 0.6 is 0 Å². The van der Waals surface area contributed by atoms with Gasteiger partial charge in [-0.05, 0) is 32.8 Å². The van der Waals surface area contributed by atoms with Gasteiger partial charge in [0.2, 0.25) is 0 Å². The zero-order valence-electron chi connectivity index (χ0n) is 12.6. The highest BCUT2D eigenvalue weighted by Gasteiger charge is 2.30. The molecule has 0 fully saturated rings. The summed E-state index contributed by atoms with van der Waals surface area (Å²) < 4.78 is 32.5. The number of carbonyl (C=O) groups excluding carboxylic acids is 2. The van der Waals surface area contributed by atoms with E-state index in [2.05, 4.69) is 10.1 Å². The number of esters is 1. The molecule has 0 bridgehead atoms. The summed E-state index contributed by atoms with van der Waals surface area (Å²) in [6.45, 7) is 5.10. The normalized spacial score (nSPS) is 19.1. The second-order valence-electron chi connectivity index (χ2n) is 5.75. The van der Waals surface area contributed by atoms with E-state index in [1.54, 1.807) is 20.8 Å². The molecule has 0 aliphatic carbocycles. The Morgan fingerprint density at radius 1 is 1.33 bits per heavy atom. The quantitative estimate of drug-likeness (QED) is 0.610. The van der Waals surface area contributed by atoms with Gasteiger partial charge in [-0.3, -0.25) is 0 Å². The van der Waals surface area contributed by atoms with Gasteiger partial charge in [-0.2, -0.15) is 0 Å². The smallest absolute Gasteiger partial charge is 0.408 e. The van der Waals surface area contributed by atoms with E-state index in [1.165, 1.54) is 13.2 Å². The molecule has 0 aromatic rings. The van der Waals surface area contributed by atoms with Gasteiger partial charge in [0.05, 0.1) is 18.6 Å². The first-order valence-electron chi connectivity index (χ1n) is 6.51. The van der Waals surface area contributed by atoms with Crippen LogP contribution in [0.5, 0.6) is 0 Å². The molecule has 120 valence electrons. The molecule has 0 unspecified atom stereocenters. The largest absolute Gasteiger partial charge is 0.467 e. The number of sulfone groups is 1. The predicted molar refractivity (Wildman–Crippen MR) is 76.5 cm³/mol. The van der Waals surface area contributed by atoms with E-state index >= 15 is 0 Å². The van der Waals surface area contributed by atoms with E-state index in [1.807, 2.05) is 0 Å². The van der Waals surface area contributed by atoms with Crippen LogP contribution in [0.25, 0.3) is 0 Å². The Morgan fingerprint density at radius 2 is 1.95 bits per heavy atom. The molecule has 0 aromatic carbocycles. The van der Waals surface area contributed by atoms with Crippen LogP contribution in [0.4, 0.5) is 4.79 Å². The standard InChI is InChI=1S/C13H21NO6S/c1-13(2,3)20-12(16)14-10(11(15)19-4)9-5-7-21(17,18)8-6-9/h5,10H,6-8H2,1-4H3,(H,14,16)/t10-/m0/s1. The minimum Gasteiger partial charge on any atom is -0.467 e. The Balaban J connectivity index is 2.85. The summed E-state index contributed by atoms with van der Waals surface area (Å²) in [6, 6.07) is -1.03. The molecule has 1 atom stereocenters. The van der Waals surface area contributed by atoms with Crippen LogP contribution in [0.3, 0.4) is 0 Å². The van der Waals surface area contributed by atoms with E-state index in [0.717, 1.165) is 0 Å². The molecule has 21 heavy (non-hydrogen) atoms. The van der Waals surface area contributed by atoms with Gasteiger partial charge in [0.15, 0.2) is 15.9 Å². The number of methoxy groups -OCH3 is 1. The molecule has 0 aromatic heterocycles. The van der Waals surface area contributed by atoms with E-state index in [4.69, 9.17) is 4.74 Å². The van der Waals surface area contributed by atoms with E-state index in [-0.39, 0.29) is 17.9 Å². The number of carbonyl (C=O) groups is 2. The molecule has 1 aliphatic rings. The third-order valence-corrected chi connectivity index (χ3v) is 4.27. The maximum absolute atomic E-state index is 11.8. The molecule has 0 saturated heterocycles. The number of nitrogens with one attached hydrogen (secondary N) is 1. The van der Waals surface area contributed by atoms with Crippen molar-refractivity contribution in [3.05, 3.63) is 11.6 Å². The lowest BCUT2D eigenvalue weighted by molar-refractivity contribution is -0.142. The summed E-state index contributed by atoms with van der Waals surface area (Å²) in [5.74, 6) is -0.861. The summed E-state index contributed by atoms with van der Waals surface area (Å²) in [7, 11) is -1.91. The first-order chi connectivity index (χ1) is 9.54. The monoisotopic (exact) mass is 319 g/mol. The number of alkyl carbamates (subject to hydrolysis) is 1. The summed E-state index contributed by atoms with van der Waals surface area (Å²) >= 11 is 0. The second-order valence-corrected chi connectivity index (χ2v) is 7.97. The van der Waals surface area contributed by atoms with Gasteiger partial charge < -0.3 is 14.8 Å². The molecule has 1 aliphatic heterocycles. The zero-order valence-corrected chi connectivity index (χ0v) is 13.5. The van der Waals surface area contributed by atoms with Gasteiger partial charge in [-0.15, -0.1) is 0 Å². The Kier molecular flexibility index (Phi) is 5.38. The van der Waals surface area contributed by atoms with Crippen molar-refractivity contribution in [1.82, 2.24) is 5.32 Å². The number of rotatable bonds is 3. The predicted octanol–water partition coefficient (Wildman–Crippen LogP) is 0.798. The number of hydrogen-bond donors (Lipinski definition) is 1. The van der Waals surface area contributed by atoms with E-state index < -0.39 is 33.5 Å². The minimum absolute atomic E-state index is 0.0532. The van der Waals surface area contributed by atoms with Crippen LogP contribution in [0.15, 0.2) is 11.6 Å². The minimum atomic E-state index is -3.11. The fourth-order valence-electron chi connectivity index (χ4n) is 1.80. The van der Waals surface area contributed by atoms with Crippen LogP contribution in [0, 0.1) is 0 Å². The molecular formula is C13H21NO6S. The van der Waals surface area contributed by atoms with Gasteiger partial charge in [0.25, 0.3) is 0 Å². The van der Waals surface area contributed by atoms with Crippen LogP contribution in [0.1, 0.15) is 27.2 Å². The van der Waals surface area contributed by atoms with E-state index in [0.29, 0.717) is 5.57 Å². The van der Waals surface area contributed by atoms with Crippen molar-refractivity contribution in [3.8, 4) is 0 Å². The molecular weight excluding hydrogens is 298 g/mol. The summed E-state index contributed by atoms with van der Waals surface area (Å²) in [5, 5.41) is 2.42. The Bertz CT molecular complexity index is 543. The highest BCUT2D eigenvalue weighted by Crippen LogP contribution is 2.18. The van der Waals surface area contributed by atoms with Crippen molar-refractivity contribution in [2.24, 2.45) is 0 Å². The lowest BCUT2D eigenvalue weighted by atomic mass is 10.0. The van der Waals surface area contributed by atoms with Crippen LogP contribution in [-0.2, 0) is 24.1 Å². The van der Waals surface area contributed by atoms with Crippen molar-refractivity contribution < 1.29 is 27.5 Å². The lowest BCUT2D eigenvalue weighted by Crippen LogP contribution is -2.46. The highest BCUT2D eigenvalue weighted by molar-refractivity contribution is 7.91. The maximum Gasteiger partial charge on any atom is 0.408 e. The molecule has 0 spiro atoms. The fraction of sp³-hybridized carbons (Fsp3) is 0.692. The molecule has 8 heteroatoms. The summed E-state index contributed by atoms with van der Waals surface area (Å²) in [4.78, 5) is 23.6. The lowest BCUT2D eigenvalue weighted by Gasteiger charge is -2.25. The molecule has 1 heterocycles. The SMILES string of the molecule is COC(=O)[C@@H](NC(=O)OC(C)(C)C)C1=CCS(=O)(=O)CC1. The summed E-state index contributed by atoms with van der Waals surface area (Å²) in [6.07, 6.45) is 0.864. The van der Waals surface area contributed by atoms with Crippen molar-refractivity contribution in [3.63, 3.8) is 0 Å². The molecule has 0 radical (unpaired) electrons. The van der Waals surface area contributed by atoms with Crippen molar-refractivity contribution in [2.45, 2.75) is 38.8 Å². The zero-order chi connectivity index (χ0) is 16.3. The first-order valence-corrected chi connectivity index (χ1v) is 8.33. The van der Waals surface area contributed by atoms with Crippen LogP contribution < -0.4 is 5.32 Å². The number of hydrogen-bond acceptors (Lipinski definition) is 6. The van der Waals surface area contributed by atoms with Gasteiger partial charge in [0.1, 0.15) is 5.60 Å². The van der Waals surface area contributed by atoms with Gasteiger partial charge >= 0.3 is 12.1 Å². The fourth-order valence-corrected chi connectivity index (χ4v) is 2.98. The highest BCUT2D eigenvalue weighted by atomic mass is 32.2. The average molecular weight is 319 g/mol. The Labute approximate surface area is 124 Å². The molecule has 7 nitrogen and oxygen atoms in total. The van der Waals surface area contributed by atoms with Gasteiger partial charge in [-0.1, -0.05) is 6.08 Å². The van der Waals surface area contributed by atoms with Crippen molar-refractivity contribution in [2.75, 3.05) is 18.6 Å². The van der Waals surface area contributed by atoms with Gasteiger partial charge in [0, 0.05) is 0 Å². The maximum atomic E-state index is 11.8. The molecule has 1 rings (SSSR count). The third-order valence-electron chi connectivity index (χ3n) is 2.77. The van der Waals surface area contributed by atoms with Crippen LogP contribution in [0.2, 0.25) is 0 Å². The number of ether oxygens (including phenoxy) is 2. The summed E-state index contributed by atoms with van der Waals surface area (Å²) in [5.41, 5.74) is -0.183.